The van der Waals surface area contributed by atoms with E-state index in [9.17, 15) is 4.79 Å². The van der Waals surface area contributed by atoms with Crippen LogP contribution in [0.15, 0.2) is 35.4 Å². The summed E-state index contributed by atoms with van der Waals surface area (Å²) in [5.74, 6) is 0.567. The highest BCUT2D eigenvalue weighted by Crippen LogP contribution is 2.47. The summed E-state index contributed by atoms with van der Waals surface area (Å²) in [4.78, 5) is 14.6. The number of nitrogens with zero attached hydrogens (tertiary/aromatic N) is 2. The molecule has 2 aliphatic rings. The summed E-state index contributed by atoms with van der Waals surface area (Å²) in [5.41, 5.74) is 5.19. The monoisotopic (exact) mass is 299 g/mol. The van der Waals surface area contributed by atoms with Crippen LogP contribution in [0.3, 0.4) is 0 Å². The van der Waals surface area contributed by atoms with Gasteiger partial charge >= 0.3 is 0 Å². The molecule has 1 aliphatic heterocycles. The van der Waals surface area contributed by atoms with Crippen molar-refractivity contribution in [2.75, 3.05) is 19.6 Å². The zero-order chi connectivity index (χ0) is 15.4. The van der Waals surface area contributed by atoms with E-state index in [2.05, 4.69) is 34.5 Å². The van der Waals surface area contributed by atoms with Crippen LogP contribution in [-0.2, 0) is 4.79 Å². The molecule has 3 rings (SSSR count). The van der Waals surface area contributed by atoms with Crippen molar-refractivity contribution in [2.24, 2.45) is 11.0 Å². The molecule has 1 aromatic rings. The molecule has 22 heavy (non-hydrogen) atoms. The van der Waals surface area contributed by atoms with Crippen LogP contribution < -0.4 is 5.43 Å². The normalized spacial score (nSPS) is 24.9. The van der Waals surface area contributed by atoms with Crippen molar-refractivity contribution in [3.63, 3.8) is 0 Å². The van der Waals surface area contributed by atoms with Gasteiger partial charge in [0.1, 0.15) is 0 Å². The summed E-state index contributed by atoms with van der Waals surface area (Å²) in [6.45, 7) is 5.51. The van der Waals surface area contributed by atoms with Gasteiger partial charge in [-0.2, -0.15) is 5.10 Å². The molecule has 1 aromatic carbocycles. The van der Waals surface area contributed by atoms with Crippen molar-refractivity contribution in [1.29, 1.82) is 0 Å². The van der Waals surface area contributed by atoms with Crippen molar-refractivity contribution in [2.45, 2.75) is 38.5 Å². The highest BCUT2D eigenvalue weighted by Gasteiger charge is 2.43. The number of hydrazone groups is 1. The van der Waals surface area contributed by atoms with Gasteiger partial charge in [0.25, 0.3) is 0 Å². The van der Waals surface area contributed by atoms with E-state index in [0.717, 1.165) is 38.1 Å². The molecule has 1 saturated heterocycles. The molecule has 0 aromatic heterocycles. The number of carbonyl (C=O) groups is 1. The number of nitrogens with one attached hydrogen (secondary N) is 1. The van der Waals surface area contributed by atoms with Crippen molar-refractivity contribution >= 4 is 11.6 Å². The van der Waals surface area contributed by atoms with Crippen LogP contribution in [0.4, 0.5) is 0 Å². The summed E-state index contributed by atoms with van der Waals surface area (Å²) in [6.07, 6.45) is 4.11. The Morgan fingerprint density at radius 2 is 2.00 bits per heavy atom. The fourth-order valence-corrected chi connectivity index (χ4v) is 3.23. The van der Waals surface area contributed by atoms with Gasteiger partial charge in [0.15, 0.2) is 0 Å². The first-order valence-electron chi connectivity index (χ1n) is 8.40. The predicted octanol–water partition coefficient (Wildman–Crippen LogP) is 2.77. The third-order valence-electron chi connectivity index (χ3n) is 4.65. The van der Waals surface area contributed by atoms with Crippen LogP contribution in [0, 0.1) is 5.92 Å². The van der Waals surface area contributed by atoms with Gasteiger partial charge in [-0.15, -0.1) is 0 Å². The Morgan fingerprint density at radius 3 is 2.68 bits per heavy atom. The van der Waals surface area contributed by atoms with Crippen molar-refractivity contribution in [3.8, 4) is 0 Å². The standard InChI is InChI=1S/C18H25N3O/c1-2-10-21-11-8-15(9-12-21)19-20-18(22)17-13-16(17)14-6-4-3-5-7-14/h3-7,16-17H,2,8-13H2,1H3,(H,20,22). The molecule has 1 saturated carbocycles. The van der Waals surface area contributed by atoms with E-state index in [0.29, 0.717) is 5.92 Å². The SMILES string of the molecule is CCCN1CCC(=NNC(=O)C2CC2c2ccccc2)CC1. The van der Waals surface area contributed by atoms with Crippen molar-refractivity contribution < 1.29 is 4.79 Å². The molecule has 1 N–H and O–H groups in total. The second-order valence-corrected chi connectivity index (χ2v) is 6.36. The fraction of sp³-hybridized carbons (Fsp3) is 0.556. The van der Waals surface area contributed by atoms with Crippen LogP contribution in [0.5, 0.6) is 0 Å². The number of hydrogen-bond donors (Lipinski definition) is 1. The van der Waals surface area contributed by atoms with Gasteiger partial charge in [-0.05, 0) is 30.9 Å². The van der Waals surface area contributed by atoms with Crippen LogP contribution >= 0.6 is 0 Å². The van der Waals surface area contributed by atoms with Crippen LogP contribution in [-0.4, -0.2) is 36.2 Å². The van der Waals surface area contributed by atoms with E-state index >= 15 is 0 Å². The van der Waals surface area contributed by atoms with Gasteiger partial charge in [-0.25, -0.2) is 5.43 Å². The van der Waals surface area contributed by atoms with Gasteiger partial charge in [-0.1, -0.05) is 37.3 Å². The molecule has 4 nitrogen and oxygen atoms in total. The molecule has 0 radical (unpaired) electrons. The fourth-order valence-electron chi connectivity index (χ4n) is 3.23. The number of carbonyl (C=O) groups excluding carboxylic acids is 1. The van der Waals surface area contributed by atoms with Crippen LogP contribution in [0.2, 0.25) is 0 Å². The third-order valence-corrected chi connectivity index (χ3v) is 4.65. The molecule has 0 bridgehead atoms. The summed E-state index contributed by atoms with van der Waals surface area (Å²) >= 11 is 0. The second-order valence-electron chi connectivity index (χ2n) is 6.36. The topological polar surface area (TPSA) is 44.7 Å². The first-order valence-corrected chi connectivity index (χ1v) is 8.40. The molecular formula is C18H25N3O. The molecule has 1 amide bonds. The molecule has 2 atom stereocenters. The van der Waals surface area contributed by atoms with Gasteiger partial charge in [-0.3, -0.25) is 4.79 Å². The number of likely N-dealkylation sites (tertiary alicyclic amines) is 1. The minimum Gasteiger partial charge on any atom is -0.303 e. The zero-order valence-electron chi connectivity index (χ0n) is 13.3. The maximum Gasteiger partial charge on any atom is 0.243 e. The lowest BCUT2D eigenvalue weighted by Crippen LogP contribution is -2.35. The minimum absolute atomic E-state index is 0.0809. The van der Waals surface area contributed by atoms with Crippen molar-refractivity contribution in [1.82, 2.24) is 10.3 Å². The highest BCUT2D eigenvalue weighted by molar-refractivity contribution is 5.88. The highest BCUT2D eigenvalue weighted by atomic mass is 16.2. The summed E-state index contributed by atoms with van der Waals surface area (Å²) in [5, 5.41) is 4.36. The van der Waals surface area contributed by atoms with Crippen LogP contribution in [0.25, 0.3) is 0 Å². The molecule has 2 fully saturated rings. The first kappa shape index (κ1) is 15.2. The zero-order valence-corrected chi connectivity index (χ0v) is 13.3. The lowest BCUT2D eigenvalue weighted by Gasteiger charge is -2.26. The largest absolute Gasteiger partial charge is 0.303 e. The van der Waals surface area contributed by atoms with E-state index < -0.39 is 0 Å². The molecule has 1 aliphatic carbocycles. The van der Waals surface area contributed by atoms with Crippen molar-refractivity contribution in [3.05, 3.63) is 35.9 Å². The van der Waals surface area contributed by atoms with E-state index in [4.69, 9.17) is 0 Å². The Morgan fingerprint density at radius 1 is 1.27 bits per heavy atom. The van der Waals surface area contributed by atoms with Gasteiger partial charge < -0.3 is 4.90 Å². The minimum atomic E-state index is 0.0809. The van der Waals surface area contributed by atoms with Gasteiger partial charge in [0.05, 0.1) is 0 Å². The number of rotatable bonds is 5. The van der Waals surface area contributed by atoms with E-state index in [1.165, 1.54) is 18.5 Å². The maximum absolute atomic E-state index is 12.2. The lowest BCUT2D eigenvalue weighted by atomic mass is 10.1. The molecule has 2 unspecified atom stereocenters. The average molecular weight is 299 g/mol. The third kappa shape index (κ3) is 3.74. The number of piperidine rings is 1. The Bertz CT molecular complexity index is 531. The van der Waals surface area contributed by atoms with E-state index in [1.807, 2.05) is 18.2 Å². The molecule has 0 spiro atoms. The van der Waals surface area contributed by atoms with Crippen LogP contribution in [0.1, 0.15) is 44.1 Å². The maximum atomic E-state index is 12.2. The molecule has 4 heteroatoms. The molecule has 1 heterocycles. The molecule has 118 valence electrons. The Labute approximate surface area is 132 Å². The van der Waals surface area contributed by atoms with Gasteiger partial charge in [0, 0.05) is 37.6 Å². The second kappa shape index (κ2) is 7.05. The van der Waals surface area contributed by atoms with E-state index in [1.54, 1.807) is 0 Å². The quantitative estimate of drug-likeness (QED) is 0.850. The Kier molecular flexibility index (Phi) is 4.88. The first-order chi connectivity index (χ1) is 10.8. The van der Waals surface area contributed by atoms with E-state index in [-0.39, 0.29) is 11.8 Å². The summed E-state index contributed by atoms with van der Waals surface area (Å²) in [6, 6.07) is 10.3. The Balaban J connectivity index is 1.45. The summed E-state index contributed by atoms with van der Waals surface area (Å²) in [7, 11) is 0. The lowest BCUT2D eigenvalue weighted by molar-refractivity contribution is -0.122. The Hall–Kier alpha value is -1.68. The number of benzene rings is 1. The molecular weight excluding hydrogens is 274 g/mol. The number of amides is 1. The average Bonchev–Trinajstić information content (AvgIpc) is 3.36. The van der Waals surface area contributed by atoms with Gasteiger partial charge in [0.2, 0.25) is 5.91 Å². The predicted molar refractivity (Wildman–Crippen MR) is 88.8 cm³/mol. The number of hydrogen-bond acceptors (Lipinski definition) is 3. The summed E-state index contributed by atoms with van der Waals surface area (Å²) < 4.78 is 0. The smallest absolute Gasteiger partial charge is 0.243 e.